The van der Waals surface area contributed by atoms with Gasteiger partial charge in [0, 0.05) is 0 Å². The van der Waals surface area contributed by atoms with Gasteiger partial charge in [-0.3, -0.25) is 9.59 Å². The van der Waals surface area contributed by atoms with Crippen molar-refractivity contribution < 1.29 is 19.1 Å². The molecule has 96 valence electrons. The van der Waals surface area contributed by atoms with Crippen LogP contribution in [-0.4, -0.2) is 26.2 Å². The van der Waals surface area contributed by atoms with Gasteiger partial charge in [-0.25, -0.2) is 0 Å². The van der Waals surface area contributed by atoms with E-state index in [-0.39, 0.29) is 29.7 Å². The van der Waals surface area contributed by atoms with Gasteiger partial charge in [0.15, 0.2) is 0 Å². The predicted molar refractivity (Wildman–Crippen MR) is 61.1 cm³/mol. The molecular weight excluding hydrogens is 220 g/mol. The second kappa shape index (κ2) is 4.31. The summed E-state index contributed by atoms with van der Waals surface area (Å²) in [6.07, 6.45) is 4.08. The molecule has 3 rings (SSSR count). The largest absolute Gasteiger partial charge is 0.469 e. The zero-order valence-corrected chi connectivity index (χ0v) is 10.7. The molecule has 0 saturated heterocycles. The summed E-state index contributed by atoms with van der Waals surface area (Å²) in [5.74, 6) is -0.317. The van der Waals surface area contributed by atoms with Crippen molar-refractivity contribution in [1.29, 1.82) is 0 Å². The smallest absolute Gasteiger partial charge is 0.312 e. The lowest BCUT2D eigenvalue weighted by atomic mass is 9.51. The molecule has 0 spiro atoms. The van der Waals surface area contributed by atoms with E-state index in [1.807, 2.05) is 6.92 Å². The quantitative estimate of drug-likeness (QED) is 0.690. The summed E-state index contributed by atoms with van der Waals surface area (Å²) < 4.78 is 9.81. The van der Waals surface area contributed by atoms with Gasteiger partial charge in [0.2, 0.25) is 0 Å². The summed E-state index contributed by atoms with van der Waals surface area (Å²) in [5, 5.41) is 0. The first-order valence-corrected chi connectivity index (χ1v) is 6.22. The Labute approximate surface area is 102 Å². The molecule has 0 N–H and O–H groups in total. The van der Waals surface area contributed by atoms with Crippen LogP contribution in [0, 0.1) is 23.2 Å². The molecule has 3 saturated carbocycles. The van der Waals surface area contributed by atoms with Gasteiger partial charge in [-0.15, -0.1) is 0 Å². The fourth-order valence-electron chi connectivity index (χ4n) is 3.87. The number of hydrogen-bond acceptors (Lipinski definition) is 4. The second-order valence-corrected chi connectivity index (χ2v) is 5.39. The van der Waals surface area contributed by atoms with Crippen LogP contribution in [0.5, 0.6) is 0 Å². The standard InChI is InChI=1S/C13H20O4/c1-13(12(15)17-3)9-6-4-8(5-7-9)10(13)11(14)16-2/h8-10H,4-7H2,1-3H3. The van der Waals surface area contributed by atoms with E-state index in [9.17, 15) is 9.59 Å². The van der Waals surface area contributed by atoms with E-state index in [4.69, 9.17) is 9.47 Å². The highest BCUT2D eigenvalue weighted by Gasteiger charge is 2.59. The Morgan fingerprint density at radius 3 is 2.12 bits per heavy atom. The number of esters is 2. The topological polar surface area (TPSA) is 52.6 Å². The Bertz CT molecular complexity index is 330. The molecule has 4 heteroatoms. The normalized spacial score (nSPS) is 39.8. The summed E-state index contributed by atoms with van der Waals surface area (Å²) in [5.41, 5.74) is -0.691. The van der Waals surface area contributed by atoms with Gasteiger partial charge in [0.25, 0.3) is 0 Å². The van der Waals surface area contributed by atoms with Crippen LogP contribution in [0.25, 0.3) is 0 Å². The molecule has 0 aromatic rings. The van der Waals surface area contributed by atoms with Gasteiger partial charge in [-0.05, 0) is 44.4 Å². The maximum absolute atomic E-state index is 12.1. The minimum absolute atomic E-state index is 0.254. The lowest BCUT2D eigenvalue weighted by molar-refractivity contribution is -0.184. The Balaban J connectivity index is 2.38. The van der Waals surface area contributed by atoms with E-state index < -0.39 is 5.41 Å². The van der Waals surface area contributed by atoms with E-state index in [1.165, 1.54) is 14.2 Å². The van der Waals surface area contributed by atoms with E-state index in [2.05, 4.69) is 0 Å². The van der Waals surface area contributed by atoms with Crippen LogP contribution in [0.15, 0.2) is 0 Å². The van der Waals surface area contributed by atoms with Gasteiger partial charge < -0.3 is 9.47 Å². The fourth-order valence-corrected chi connectivity index (χ4v) is 3.87. The number of rotatable bonds is 2. The number of carbonyl (C=O) groups is 2. The van der Waals surface area contributed by atoms with E-state index in [0.29, 0.717) is 0 Å². The van der Waals surface area contributed by atoms with Gasteiger partial charge in [-0.1, -0.05) is 0 Å². The maximum atomic E-state index is 12.1. The third kappa shape index (κ3) is 1.65. The number of fused-ring (bicyclic) bond motifs is 3. The average Bonchev–Trinajstić information content (AvgIpc) is 2.38. The highest BCUT2D eigenvalue weighted by atomic mass is 16.5. The monoisotopic (exact) mass is 240 g/mol. The molecule has 17 heavy (non-hydrogen) atoms. The molecule has 3 fully saturated rings. The molecule has 0 radical (unpaired) electrons. The molecule has 3 aliphatic rings. The van der Waals surface area contributed by atoms with E-state index in [1.54, 1.807) is 0 Å². The van der Waals surface area contributed by atoms with Crippen molar-refractivity contribution >= 4 is 11.9 Å². The first kappa shape index (κ1) is 12.4. The molecule has 2 bridgehead atoms. The summed E-state index contributed by atoms with van der Waals surface area (Å²) >= 11 is 0. The molecular formula is C13H20O4. The van der Waals surface area contributed by atoms with Crippen molar-refractivity contribution in [2.75, 3.05) is 14.2 Å². The van der Waals surface area contributed by atoms with Crippen LogP contribution in [0.2, 0.25) is 0 Å². The molecule has 2 atom stereocenters. The fraction of sp³-hybridized carbons (Fsp3) is 0.846. The summed E-state index contributed by atoms with van der Waals surface area (Å²) in [6, 6.07) is 0. The van der Waals surface area contributed by atoms with Crippen molar-refractivity contribution in [1.82, 2.24) is 0 Å². The van der Waals surface area contributed by atoms with Crippen molar-refractivity contribution in [3.63, 3.8) is 0 Å². The Morgan fingerprint density at radius 1 is 1.06 bits per heavy atom. The van der Waals surface area contributed by atoms with E-state index >= 15 is 0 Å². The van der Waals surface area contributed by atoms with Crippen LogP contribution in [0.3, 0.4) is 0 Å². The summed E-state index contributed by atoms with van der Waals surface area (Å²) in [6.45, 7) is 1.87. The molecule has 4 nitrogen and oxygen atoms in total. The van der Waals surface area contributed by atoms with Crippen molar-refractivity contribution in [2.24, 2.45) is 23.2 Å². The van der Waals surface area contributed by atoms with Crippen LogP contribution >= 0.6 is 0 Å². The zero-order valence-electron chi connectivity index (χ0n) is 10.7. The molecule has 3 aliphatic carbocycles. The van der Waals surface area contributed by atoms with Crippen LogP contribution in [-0.2, 0) is 19.1 Å². The minimum atomic E-state index is -0.691. The molecule has 0 aromatic heterocycles. The third-order valence-electron chi connectivity index (χ3n) is 4.82. The van der Waals surface area contributed by atoms with E-state index in [0.717, 1.165) is 25.7 Å². The van der Waals surface area contributed by atoms with Gasteiger partial charge in [0.1, 0.15) is 0 Å². The first-order chi connectivity index (χ1) is 8.05. The lowest BCUT2D eigenvalue weighted by Crippen LogP contribution is -2.55. The molecule has 0 aliphatic heterocycles. The van der Waals surface area contributed by atoms with Crippen molar-refractivity contribution in [3.05, 3.63) is 0 Å². The maximum Gasteiger partial charge on any atom is 0.312 e. The third-order valence-corrected chi connectivity index (χ3v) is 4.82. The van der Waals surface area contributed by atoms with Crippen LogP contribution in [0.1, 0.15) is 32.6 Å². The number of hydrogen-bond donors (Lipinski definition) is 0. The zero-order chi connectivity index (χ0) is 12.6. The van der Waals surface area contributed by atoms with Gasteiger partial charge in [0.05, 0.1) is 25.6 Å². The highest BCUT2D eigenvalue weighted by Crippen LogP contribution is 2.56. The molecule has 0 amide bonds. The van der Waals surface area contributed by atoms with Crippen molar-refractivity contribution in [3.8, 4) is 0 Å². The molecule has 0 heterocycles. The second-order valence-electron chi connectivity index (χ2n) is 5.39. The first-order valence-electron chi connectivity index (χ1n) is 6.22. The Morgan fingerprint density at radius 2 is 1.65 bits per heavy atom. The van der Waals surface area contributed by atoms with Crippen LogP contribution < -0.4 is 0 Å². The average molecular weight is 240 g/mol. The van der Waals surface area contributed by atoms with Crippen molar-refractivity contribution in [2.45, 2.75) is 32.6 Å². The van der Waals surface area contributed by atoms with Gasteiger partial charge in [-0.2, -0.15) is 0 Å². The number of ether oxygens (including phenoxy) is 2. The molecule has 0 aromatic carbocycles. The summed E-state index contributed by atoms with van der Waals surface area (Å²) in [7, 11) is 2.78. The predicted octanol–water partition coefficient (Wildman–Crippen LogP) is 1.77. The number of methoxy groups -OCH3 is 2. The Hall–Kier alpha value is -1.06. The number of carbonyl (C=O) groups excluding carboxylic acids is 2. The lowest BCUT2D eigenvalue weighted by Gasteiger charge is -2.52. The van der Waals surface area contributed by atoms with Crippen LogP contribution in [0.4, 0.5) is 0 Å². The van der Waals surface area contributed by atoms with Gasteiger partial charge >= 0.3 is 11.9 Å². The Kier molecular flexibility index (Phi) is 3.15. The minimum Gasteiger partial charge on any atom is -0.469 e. The molecule has 2 unspecified atom stereocenters. The highest BCUT2D eigenvalue weighted by molar-refractivity contribution is 5.86. The summed E-state index contributed by atoms with van der Waals surface area (Å²) in [4.78, 5) is 24.0. The SMILES string of the molecule is COC(=O)C1C2CCC(CC2)C1(C)C(=O)OC.